The smallest absolute Gasteiger partial charge is 0.510 e. The molecule has 0 fully saturated rings. The van der Waals surface area contributed by atoms with Crippen molar-refractivity contribution in [3.8, 4) is 33.8 Å². The van der Waals surface area contributed by atoms with E-state index in [1.807, 2.05) is 211 Å². The van der Waals surface area contributed by atoms with Crippen molar-refractivity contribution in [1.82, 2.24) is 61.2 Å². The van der Waals surface area contributed by atoms with Gasteiger partial charge in [0.25, 0.3) is 0 Å². The third-order valence-electron chi connectivity index (χ3n) is 25.2. The van der Waals surface area contributed by atoms with Crippen LogP contribution in [-0.2, 0) is 67.4 Å². The van der Waals surface area contributed by atoms with E-state index < -0.39 is 0 Å². The van der Waals surface area contributed by atoms with E-state index in [-0.39, 0.29) is 60.3 Å². The van der Waals surface area contributed by atoms with Crippen LogP contribution in [0.3, 0.4) is 0 Å². The van der Waals surface area contributed by atoms with Crippen molar-refractivity contribution in [2.45, 2.75) is 119 Å². The number of aryl methyl sites for hydroxylation is 1. The molecule has 19 heteroatoms. The molecule has 12 aromatic carbocycles. The predicted molar refractivity (Wildman–Crippen MR) is 551 cm³/mol. The Kier molecular flexibility index (Phi) is 29.0. The van der Waals surface area contributed by atoms with E-state index in [1.54, 1.807) is 0 Å². The number of benzene rings is 12. The molecule has 0 amide bonds. The van der Waals surface area contributed by atoms with Gasteiger partial charge in [0.1, 0.15) is 11.3 Å². The van der Waals surface area contributed by atoms with Gasteiger partial charge in [0.2, 0.25) is 5.78 Å². The summed E-state index contributed by atoms with van der Waals surface area (Å²) in [5.74, 6) is 3.38. The summed E-state index contributed by atoms with van der Waals surface area (Å²) in [5.41, 5.74) is 30.0. The molecule has 16 nitrogen and oxygen atoms in total. The first kappa shape index (κ1) is 95.9. The van der Waals surface area contributed by atoms with Gasteiger partial charge in [-0.2, -0.15) is 111 Å². The largest absolute Gasteiger partial charge is 3.00 e. The molecule has 136 heavy (non-hydrogen) atoms. The SMILES string of the molecule is CC(C)c1cccc(C(C)C)c1-c1cn2c(n1)c1[c-]cccc1c1c3ccccc3n(C)c12.CC(C)c1cccc(C(C)C)c1-c1cn2c(n1)c1[c-]cccc1n1c3ccccc3cc21.CC(C)c1cccc(C(C)C)c1-c1cn2c(n1)c1[c-]cccc1n1c3ccccc3nc21.CN1C=CN(c2[c-]cccc2)[CH-]1.CN1C=CN(c2[c-]cccc2)[CH-]1.CN1C=CN(c2[c-]cccc2)[CH-]1.[Ir+3].[Ir+3].[Ir+3]. The topological polar surface area (TPSA) is 98.0 Å². The molecule has 0 atom stereocenters. The molecule has 3 aliphatic rings. The fraction of sp³-hybridized carbons (Fsp3) is 0.188. The molecule has 12 heterocycles. The second-order valence-corrected chi connectivity index (χ2v) is 36.3. The van der Waals surface area contributed by atoms with Crippen molar-refractivity contribution < 1.29 is 60.3 Å². The van der Waals surface area contributed by atoms with Gasteiger partial charge in [0.05, 0.1) is 45.1 Å². The first-order chi connectivity index (χ1) is 64.6. The Hall–Kier alpha value is -13.2. The second kappa shape index (κ2) is 41.2. The van der Waals surface area contributed by atoms with Crippen LogP contribution in [0.4, 0.5) is 17.1 Å². The van der Waals surface area contributed by atoms with Crippen molar-refractivity contribution in [3.63, 3.8) is 0 Å². The number of nitrogens with zero attached hydrogens (tertiary/aromatic N) is 16. The molecular weight excluding hydrogens is 2210 g/mol. The molecule has 0 radical (unpaired) electrons. The number of pyridine rings is 1. The molecule has 0 N–H and O–H groups in total. The van der Waals surface area contributed by atoms with Gasteiger partial charge < -0.3 is 56.0 Å². The number of hydrogen-bond donors (Lipinski definition) is 0. The van der Waals surface area contributed by atoms with Crippen LogP contribution < -0.4 is 14.7 Å². The molecule has 0 saturated carbocycles. The molecule has 0 spiro atoms. The third-order valence-corrected chi connectivity index (χ3v) is 25.2. The van der Waals surface area contributed by atoms with Gasteiger partial charge >= 0.3 is 60.3 Å². The monoisotopic (exact) mass is 2320 g/mol. The number of aromatic nitrogens is 10. The molecule has 684 valence electrons. The molecule has 0 aliphatic carbocycles. The van der Waals surface area contributed by atoms with Crippen LogP contribution in [0, 0.1) is 56.4 Å². The quantitative estimate of drug-likeness (QED) is 0.110. The first-order valence-electron chi connectivity index (χ1n) is 46.0. The van der Waals surface area contributed by atoms with E-state index in [2.05, 4.69) is 329 Å². The molecule has 3 aliphatic heterocycles. The normalized spacial score (nSPS) is 13.0. The molecule has 21 aromatic rings. The number of fused-ring (bicyclic) bond motifs is 24. The van der Waals surface area contributed by atoms with E-state index in [1.165, 1.54) is 88.3 Å². The van der Waals surface area contributed by atoms with Gasteiger partial charge in [-0.3, -0.25) is 15.0 Å². The van der Waals surface area contributed by atoms with Crippen molar-refractivity contribution in [2.24, 2.45) is 7.05 Å². The Bertz CT molecular complexity index is 7470. The summed E-state index contributed by atoms with van der Waals surface area (Å²) in [5, 5.41) is 8.07. The van der Waals surface area contributed by atoms with Crippen LogP contribution in [0.5, 0.6) is 0 Å². The zero-order valence-corrected chi connectivity index (χ0v) is 86.6. The van der Waals surface area contributed by atoms with Gasteiger partial charge in [-0.15, -0.1) is 95.2 Å². The number of imidazole rings is 4. The maximum absolute atomic E-state index is 5.28. The Morgan fingerprint density at radius 1 is 0.294 bits per heavy atom. The fourth-order valence-corrected chi connectivity index (χ4v) is 18.8. The van der Waals surface area contributed by atoms with Crippen molar-refractivity contribution in [2.75, 3.05) is 35.8 Å². The maximum Gasteiger partial charge on any atom is 3.00 e. The number of hydrogen-bond acceptors (Lipinski definition) is 10. The summed E-state index contributed by atoms with van der Waals surface area (Å²) in [4.78, 5) is 32.8. The van der Waals surface area contributed by atoms with E-state index in [4.69, 9.17) is 19.9 Å². The Morgan fingerprint density at radius 3 is 1.08 bits per heavy atom. The van der Waals surface area contributed by atoms with Crippen molar-refractivity contribution in [1.29, 1.82) is 0 Å². The minimum absolute atomic E-state index is 0. The van der Waals surface area contributed by atoms with Gasteiger partial charge in [0, 0.05) is 64.1 Å². The Balaban J connectivity index is 0.000000124. The van der Waals surface area contributed by atoms with E-state index >= 15 is 0 Å². The maximum atomic E-state index is 5.28. The minimum Gasteiger partial charge on any atom is -0.510 e. The molecule has 24 rings (SSSR count). The van der Waals surface area contributed by atoms with E-state index in [0.717, 1.165) is 101 Å². The summed E-state index contributed by atoms with van der Waals surface area (Å²) < 4.78 is 13.5. The second-order valence-electron chi connectivity index (χ2n) is 36.3. The molecular formula is C117H109Ir3N16. The molecule has 9 aromatic heterocycles. The van der Waals surface area contributed by atoms with E-state index in [0.29, 0.717) is 35.5 Å². The minimum atomic E-state index is 0. The van der Waals surface area contributed by atoms with Gasteiger partial charge in [0.15, 0.2) is 0 Å². The summed E-state index contributed by atoms with van der Waals surface area (Å²) in [6.45, 7) is 33.1. The summed E-state index contributed by atoms with van der Waals surface area (Å²) in [7, 11) is 8.15. The van der Waals surface area contributed by atoms with Crippen LogP contribution in [-0.4, -0.2) is 82.3 Å². The Morgan fingerprint density at radius 2 is 0.647 bits per heavy atom. The van der Waals surface area contributed by atoms with Crippen LogP contribution in [0.15, 0.2) is 317 Å². The molecule has 0 saturated heterocycles. The first-order valence-corrected chi connectivity index (χ1v) is 46.0. The summed E-state index contributed by atoms with van der Waals surface area (Å²) >= 11 is 0. The standard InChI is InChI=1S/C30H28N3.C29H26N3.C28H25N4.3C10H10N2.3Ir/c1-18(2)20-14-10-15-21(19(3)4)27(20)25-17-33-29(31-25)23-12-7-6-11-22(23)28-24-13-8-9-16-26(24)32(5)30(28)33;1-18(2)21-12-9-13-22(19(3)4)28(21)24-17-31-27-16-20-10-5-7-14-25(20)32(27)26-15-8-6-11-23(26)29(31)30-24;1-17(2)19-11-9-12-20(18(3)4)26(19)23-16-31-27(29-23)21-10-5-7-14-24(21)32-25-15-8-6-13-22(25)30-28(31)32;3*1-11-7-8-12(9-11)10-5-3-2-4-6-10;;;/h6-11,13-19H,1-5H3;5-10,12-19H,1-4H3;5-9,11-18H,1-4H3;3*2-5,7-9H,1H3;;;/q3*-1;3*-2;3*+3. The summed E-state index contributed by atoms with van der Waals surface area (Å²) in [6, 6.07) is 110. The van der Waals surface area contributed by atoms with Crippen LogP contribution in [0.1, 0.15) is 152 Å². The number of para-hydroxylation sites is 7. The fourth-order valence-electron chi connectivity index (χ4n) is 18.8. The third kappa shape index (κ3) is 18.5. The summed E-state index contributed by atoms with van der Waals surface area (Å²) in [6.07, 6.45) is 18.6. The van der Waals surface area contributed by atoms with Crippen LogP contribution in [0.25, 0.3) is 139 Å². The average Bonchev–Trinajstić information content (AvgIpc) is 1.44. The zero-order chi connectivity index (χ0) is 92.0. The molecule has 0 bridgehead atoms. The zero-order valence-electron chi connectivity index (χ0n) is 79.4. The van der Waals surface area contributed by atoms with Crippen LogP contribution >= 0.6 is 0 Å². The van der Waals surface area contributed by atoms with Crippen molar-refractivity contribution in [3.05, 3.63) is 406 Å². The predicted octanol–water partition coefficient (Wildman–Crippen LogP) is 27.9. The van der Waals surface area contributed by atoms with Crippen molar-refractivity contribution >= 4 is 122 Å². The molecule has 0 unspecified atom stereocenters. The van der Waals surface area contributed by atoms with Crippen LogP contribution in [0.2, 0.25) is 0 Å². The number of rotatable bonds is 12. The number of anilines is 3. The Labute approximate surface area is 838 Å². The van der Waals surface area contributed by atoms with Gasteiger partial charge in [-0.05, 0) is 174 Å². The van der Waals surface area contributed by atoms with Gasteiger partial charge in [-0.25, -0.2) is 4.98 Å². The average molecular weight is 2320 g/mol. The van der Waals surface area contributed by atoms with Gasteiger partial charge in [-0.1, -0.05) is 202 Å². The van der Waals surface area contributed by atoms with E-state index in [9.17, 15) is 0 Å².